The Morgan fingerprint density at radius 2 is 2.20 bits per heavy atom. The number of nitrogens with two attached hydrogens (primary N) is 1. The molecule has 3 N–H and O–H groups in total. The topological polar surface area (TPSA) is 46.2 Å². The Kier molecular flexibility index (Phi) is 7.58. The first-order valence-electron chi connectivity index (χ1n) is 3.73. The third kappa shape index (κ3) is 8.27. The minimum atomic E-state index is -0.140. The van der Waals surface area contributed by atoms with Crippen molar-refractivity contribution in [3.8, 4) is 0 Å². The molecule has 0 aromatic heterocycles. The summed E-state index contributed by atoms with van der Waals surface area (Å²) in [5, 5.41) is 8.87. The fraction of sp³-hybridized carbons (Fsp3) is 1.00. The Hall–Kier alpha value is 0.270. The first kappa shape index (κ1) is 10.3. The van der Waals surface area contributed by atoms with Gasteiger partial charge in [0.25, 0.3) is 0 Å². The van der Waals surface area contributed by atoms with E-state index in [9.17, 15) is 0 Å². The van der Waals surface area contributed by atoms with Crippen molar-refractivity contribution in [1.82, 2.24) is 0 Å². The first-order chi connectivity index (χ1) is 4.77. The summed E-state index contributed by atoms with van der Waals surface area (Å²) in [6.45, 7) is 2.59. The highest BCUT2D eigenvalue weighted by atomic mass is 32.2. The van der Waals surface area contributed by atoms with E-state index in [1.165, 1.54) is 0 Å². The molecule has 62 valence electrons. The van der Waals surface area contributed by atoms with Crippen molar-refractivity contribution >= 4 is 11.8 Å². The molecular formula is C7H17NOS. The van der Waals surface area contributed by atoms with Gasteiger partial charge in [-0.05, 0) is 25.5 Å². The summed E-state index contributed by atoms with van der Waals surface area (Å²) in [5.74, 6) is 2.17. The number of thioether (sulfide) groups is 1. The van der Waals surface area contributed by atoms with Gasteiger partial charge in [-0.1, -0.05) is 0 Å². The minimum absolute atomic E-state index is 0.140. The van der Waals surface area contributed by atoms with Crippen molar-refractivity contribution in [2.45, 2.75) is 25.9 Å². The van der Waals surface area contributed by atoms with E-state index in [0.717, 1.165) is 30.9 Å². The van der Waals surface area contributed by atoms with Crippen molar-refractivity contribution in [3.05, 3.63) is 0 Å². The molecule has 0 saturated heterocycles. The largest absolute Gasteiger partial charge is 0.393 e. The van der Waals surface area contributed by atoms with Crippen LogP contribution in [0.1, 0.15) is 19.8 Å². The summed E-state index contributed by atoms with van der Waals surface area (Å²) in [6.07, 6.45) is 1.87. The standard InChI is InChI=1S/C7H17NOS/c1-7(9)3-2-5-10-6-4-8/h7,9H,2-6,8H2,1H3. The van der Waals surface area contributed by atoms with Gasteiger partial charge >= 0.3 is 0 Å². The molecule has 2 nitrogen and oxygen atoms in total. The molecular weight excluding hydrogens is 146 g/mol. The monoisotopic (exact) mass is 163 g/mol. The van der Waals surface area contributed by atoms with Crippen molar-refractivity contribution in [1.29, 1.82) is 0 Å². The van der Waals surface area contributed by atoms with E-state index in [4.69, 9.17) is 10.8 Å². The second kappa shape index (κ2) is 7.38. The maximum Gasteiger partial charge on any atom is 0.0512 e. The average molecular weight is 163 g/mol. The molecule has 0 aromatic rings. The van der Waals surface area contributed by atoms with Crippen LogP contribution in [0.5, 0.6) is 0 Å². The van der Waals surface area contributed by atoms with Crippen molar-refractivity contribution in [2.24, 2.45) is 5.73 Å². The van der Waals surface area contributed by atoms with Gasteiger partial charge in [0.1, 0.15) is 0 Å². The molecule has 0 heterocycles. The lowest BCUT2D eigenvalue weighted by Gasteiger charge is -2.02. The molecule has 0 fully saturated rings. The molecule has 0 aromatic carbocycles. The van der Waals surface area contributed by atoms with Crippen LogP contribution in [-0.4, -0.2) is 29.3 Å². The lowest BCUT2D eigenvalue weighted by Crippen LogP contribution is -2.03. The van der Waals surface area contributed by atoms with E-state index >= 15 is 0 Å². The summed E-state index contributed by atoms with van der Waals surface area (Å²) in [7, 11) is 0. The van der Waals surface area contributed by atoms with Gasteiger partial charge in [-0.25, -0.2) is 0 Å². The van der Waals surface area contributed by atoms with Gasteiger partial charge in [0, 0.05) is 12.3 Å². The number of hydrogen-bond acceptors (Lipinski definition) is 3. The number of rotatable bonds is 6. The summed E-state index contributed by atoms with van der Waals surface area (Å²) >= 11 is 1.86. The van der Waals surface area contributed by atoms with E-state index in [2.05, 4.69) is 0 Å². The third-order valence-corrected chi connectivity index (χ3v) is 2.27. The van der Waals surface area contributed by atoms with Crippen LogP contribution in [0.3, 0.4) is 0 Å². The van der Waals surface area contributed by atoms with Gasteiger partial charge in [-0.2, -0.15) is 11.8 Å². The molecule has 0 aliphatic rings. The third-order valence-electron chi connectivity index (χ3n) is 1.17. The van der Waals surface area contributed by atoms with Gasteiger partial charge in [0.05, 0.1) is 6.10 Å². The number of hydrogen-bond donors (Lipinski definition) is 2. The van der Waals surface area contributed by atoms with Crippen LogP contribution in [0, 0.1) is 0 Å². The van der Waals surface area contributed by atoms with Gasteiger partial charge < -0.3 is 10.8 Å². The van der Waals surface area contributed by atoms with Gasteiger partial charge in [-0.15, -0.1) is 0 Å². The lowest BCUT2D eigenvalue weighted by molar-refractivity contribution is 0.184. The molecule has 0 spiro atoms. The molecule has 0 aliphatic heterocycles. The number of aliphatic hydroxyl groups is 1. The fourth-order valence-corrected chi connectivity index (χ4v) is 1.41. The summed E-state index contributed by atoms with van der Waals surface area (Å²) in [6, 6.07) is 0. The van der Waals surface area contributed by atoms with Crippen LogP contribution in [-0.2, 0) is 0 Å². The molecule has 0 bridgehead atoms. The number of aliphatic hydroxyl groups excluding tert-OH is 1. The quantitative estimate of drug-likeness (QED) is 0.570. The smallest absolute Gasteiger partial charge is 0.0512 e. The Balaban J connectivity index is 2.77. The molecule has 1 atom stereocenters. The van der Waals surface area contributed by atoms with E-state index < -0.39 is 0 Å². The molecule has 0 saturated carbocycles. The molecule has 0 amide bonds. The van der Waals surface area contributed by atoms with Crippen LogP contribution in [0.25, 0.3) is 0 Å². The van der Waals surface area contributed by atoms with Crippen LogP contribution in [0.4, 0.5) is 0 Å². The summed E-state index contributed by atoms with van der Waals surface area (Å²) in [5.41, 5.74) is 5.30. The minimum Gasteiger partial charge on any atom is -0.393 e. The second-order valence-electron chi connectivity index (χ2n) is 2.39. The maximum absolute atomic E-state index is 8.87. The maximum atomic E-state index is 8.87. The van der Waals surface area contributed by atoms with Crippen LogP contribution in [0.15, 0.2) is 0 Å². The normalized spacial score (nSPS) is 13.5. The highest BCUT2D eigenvalue weighted by Gasteiger charge is 1.94. The van der Waals surface area contributed by atoms with Crippen LogP contribution in [0.2, 0.25) is 0 Å². The zero-order valence-electron chi connectivity index (χ0n) is 6.55. The van der Waals surface area contributed by atoms with E-state index in [1.54, 1.807) is 0 Å². The zero-order valence-corrected chi connectivity index (χ0v) is 7.36. The average Bonchev–Trinajstić information content (AvgIpc) is 1.87. The second-order valence-corrected chi connectivity index (χ2v) is 3.62. The van der Waals surface area contributed by atoms with E-state index in [1.807, 2.05) is 18.7 Å². The summed E-state index contributed by atoms with van der Waals surface area (Å²) < 4.78 is 0. The molecule has 0 aliphatic carbocycles. The molecule has 10 heavy (non-hydrogen) atoms. The van der Waals surface area contributed by atoms with Crippen molar-refractivity contribution in [2.75, 3.05) is 18.1 Å². The molecule has 0 radical (unpaired) electrons. The molecule has 1 unspecified atom stereocenters. The Labute approximate surface area is 67.2 Å². The Morgan fingerprint density at radius 1 is 1.50 bits per heavy atom. The zero-order chi connectivity index (χ0) is 7.82. The van der Waals surface area contributed by atoms with Crippen molar-refractivity contribution < 1.29 is 5.11 Å². The Morgan fingerprint density at radius 3 is 2.70 bits per heavy atom. The van der Waals surface area contributed by atoms with Gasteiger partial charge in [-0.3, -0.25) is 0 Å². The van der Waals surface area contributed by atoms with Crippen molar-refractivity contribution in [3.63, 3.8) is 0 Å². The highest BCUT2D eigenvalue weighted by Crippen LogP contribution is 2.04. The summed E-state index contributed by atoms with van der Waals surface area (Å²) in [4.78, 5) is 0. The predicted molar refractivity (Wildman–Crippen MR) is 47.3 cm³/mol. The fourth-order valence-electron chi connectivity index (χ4n) is 0.666. The molecule has 3 heteroatoms. The van der Waals surface area contributed by atoms with Gasteiger partial charge in [0.15, 0.2) is 0 Å². The SMILES string of the molecule is CC(O)CCCSCCN. The van der Waals surface area contributed by atoms with Gasteiger partial charge in [0.2, 0.25) is 0 Å². The highest BCUT2D eigenvalue weighted by molar-refractivity contribution is 7.99. The van der Waals surface area contributed by atoms with Crippen LogP contribution >= 0.6 is 11.8 Å². The van der Waals surface area contributed by atoms with Crippen LogP contribution < -0.4 is 5.73 Å². The Bertz CT molecular complexity index is 68.6. The van der Waals surface area contributed by atoms with E-state index in [-0.39, 0.29) is 6.10 Å². The first-order valence-corrected chi connectivity index (χ1v) is 4.88. The predicted octanol–water partition coefficient (Wildman–Crippen LogP) is 0.839. The molecule has 0 rings (SSSR count). The van der Waals surface area contributed by atoms with E-state index in [0.29, 0.717) is 0 Å². The lowest BCUT2D eigenvalue weighted by atomic mass is 10.2.